The van der Waals surface area contributed by atoms with Crippen LogP contribution in [0.4, 0.5) is 0 Å². The second-order valence-electron chi connectivity index (χ2n) is 4.28. The second kappa shape index (κ2) is 6.38. The molecule has 1 heterocycles. The standard InChI is InChI=1S/C14H17IN2O2/c1-3-7-17-13(12(19-2)9-16-17)14(18)10-5-4-6-11(15)8-10/h4-6,8-9,14,18H,3,7H2,1-2H3. The van der Waals surface area contributed by atoms with Gasteiger partial charge in [-0.3, -0.25) is 4.68 Å². The summed E-state index contributed by atoms with van der Waals surface area (Å²) in [6, 6.07) is 7.81. The lowest BCUT2D eigenvalue weighted by Gasteiger charge is -2.15. The van der Waals surface area contributed by atoms with Crippen LogP contribution in [0, 0.1) is 3.57 Å². The lowest BCUT2D eigenvalue weighted by Crippen LogP contribution is -2.11. The molecule has 0 saturated carbocycles. The summed E-state index contributed by atoms with van der Waals surface area (Å²) in [5.74, 6) is 0.625. The lowest BCUT2D eigenvalue weighted by atomic mass is 10.1. The highest BCUT2D eigenvalue weighted by Gasteiger charge is 2.21. The van der Waals surface area contributed by atoms with Gasteiger partial charge in [-0.15, -0.1) is 0 Å². The average Bonchev–Trinajstić information content (AvgIpc) is 2.81. The number of benzene rings is 1. The van der Waals surface area contributed by atoms with Crippen LogP contribution in [0.15, 0.2) is 30.5 Å². The Hall–Kier alpha value is -1.08. The van der Waals surface area contributed by atoms with Crippen molar-refractivity contribution in [2.45, 2.75) is 26.0 Å². The van der Waals surface area contributed by atoms with E-state index in [4.69, 9.17) is 4.74 Å². The fourth-order valence-corrected chi connectivity index (χ4v) is 2.60. The molecule has 0 spiro atoms. The van der Waals surface area contributed by atoms with E-state index in [1.807, 2.05) is 28.9 Å². The van der Waals surface area contributed by atoms with Crippen LogP contribution in [0.2, 0.25) is 0 Å². The average molecular weight is 372 g/mol. The highest BCUT2D eigenvalue weighted by Crippen LogP contribution is 2.30. The molecule has 19 heavy (non-hydrogen) atoms. The Morgan fingerprint density at radius 2 is 2.26 bits per heavy atom. The minimum Gasteiger partial charge on any atom is -0.493 e. The van der Waals surface area contributed by atoms with Crippen LogP contribution in [0.5, 0.6) is 5.75 Å². The van der Waals surface area contributed by atoms with E-state index in [0.717, 1.165) is 22.1 Å². The molecule has 0 radical (unpaired) electrons. The number of methoxy groups -OCH3 is 1. The third kappa shape index (κ3) is 3.09. The third-order valence-electron chi connectivity index (χ3n) is 2.92. The predicted octanol–water partition coefficient (Wildman–Crippen LogP) is 2.99. The van der Waals surface area contributed by atoms with Crippen LogP contribution >= 0.6 is 22.6 Å². The van der Waals surface area contributed by atoms with Crippen LogP contribution in [-0.2, 0) is 6.54 Å². The summed E-state index contributed by atoms with van der Waals surface area (Å²) in [6.07, 6.45) is 1.89. The fraction of sp³-hybridized carbons (Fsp3) is 0.357. The molecule has 4 nitrogen and oxygen atoms in total. The van der Waals surface area contributed by atoms with Crippen molar-refractivity contribution in [2.24, 2.45) is 0 Å². The van der Waals surface area contributed by atoms with Crippen molar-refractivity contribution < 1.29 is 9.84 Å². The van der Waals surface area contributed by atoms with E-state index in [1.54, 1.807) is 13.3 Å². The highest BCUT2D eigenvalue weighted by atomic mass is 127. The lowest BCUT2D eigenvalue weighted by molar-refractivity contribution is 0.202. The van der Waals surface area contributed by atoms with Gasteiger partial charge in [0.1, 0.15) is 11.8 Å². The Morgan fingerprint density at radius 1 is 1.47 bits per heavy atom. The zero-order valence-corrected chi connectivity index (χ0v) is 13.2. The minimum absolute atomic E-state index is 0.625. The number of hydrogen-bond donors (Lipinski definition) is 1. The van der Waals surface area contributed by atoms with Gasteiger partial charge in [0.15, 0.2) is 5.75 Å². The number of aromatic nitrogens is 2. The quantitative estimate of drug-likeness (QED) is 0.821. The molecular weight excluding hydrogens is 355 g/mol. The molecule has 0 fully saturated rings. The number of aliphatic hydroxyl groups is 1. The third-order valence-corrected chi connectivity index (χ3v) is 3.59. The highest BCUT2D eigenvalue weighted by molar-refractivity contribution is 14.1. The van der Waals surface area contributed by atoms with Gasteiger partial charge in [0.2, 0.25) is 0 Å². The summed E-state index contributed by atoms with van der Waals surface area (Å²) < 4.78 is 8.20. The van der Waals surface area contributed by atoms with Crippen LogP contribution in [0.1, 0.15) is 30.7 Å². The Balaban J connectivity index is 2.41. The number of nitrogens with zero attached hydrogens (tertiary/aromatic N) is 2. The molecular formula is C14H17IN2O2. The second-order valence-corrected chi connectivity index (χ2v) is 5.52. The SMILES string of the molecule is CCCn1ncc(OC)c1C(O)c1cccc(I)c1. The maximum absolute atomic E-state index is 10.6. The summed E-state index contributed by atoms with van der Waals surface area (Å²) >= 11 is 2.24. The predicted molar refractivity (Wildman–Crippen MR) is 82.3 cm³/mol. The molecule has 2 aromatic rings. The van der Waals surface area contributed by atoms with Gasteiger partial charge in [-0.1, -0.05) is 19.1 Å². The number of ether oxygens (including phenoxy) is 1. The van der Waals surface area contributed by atoms with Crippen molar-refractivity contribution in [3.05, 3.63) is 45.3 Å². The molecule has 0 saturated heterocycles. The van der Waals surface area contributed by atoms with E-state index in [0.29, 0.717) is 11.4 Å². The zero-order valence-electron chi connectivity index (χ0n) is 11.0. The van der Waals surface area contributed by atoms with Crippen molar-refractivity contribution in [2.75, 3.05) is 7.11 Å². The van der Waals surface area contributed by atoms with Crippen LogP contribution in [-0.4, -0.2) is 22.0 Å². The first-order valence-corrected chi connectivity index (χ1v) is 7.28. The van der Waals surface area contributed by atoms with Crippen LogP contribution in [0.3, 0.4) is 0 Å². The Morgan fingerprint density at radius 3 is 2.89 bits per heavy atom. The number of hydrogen-bond acceptors (Lipinski definition) is 3. The van der Waals surface area contributed by atoms with Gasteiger partial charge in [-0.25, -0.2) is 0 Å². The molecule has 0 amide bonds. The molecule has 1 unspecified atom stereocenters. The number of aryl methyl sites for hydroxylation is 1. The molecule has 0 aliphatic heterocycles. The normalized spacial score (nSPS) is 12.4. The van der Waals surface area contributed by atoms with Crippen LogP contribution in [0.25, 0.3) is 0 Å². The first kappa shape index (κ1) is 14.3. The molecule has 0 bridgehead atoms. The van der Waals surface area contributed by atoms with E-state index in [2.05, 4.69) is 34.6 Å². The molecule has 102 valence electrons. The molecule has 5 heteroatoms. The van der Waals surface area contributed by atoms with Gasteiger partial charge in [-0.2, -0.15) is 5.10 Å². The van der Waals surface area contributed by atoms with Gasteiger partial charge in [-0.05, 0) is 46.7 Å². The Labute approximate surface area is 126 Å². The fourth-order valence-electron chi connectivity index (χ4n) is 2.04. The van der Waals surface area contributed by atoms with E-state index in [9.17, 15) is 5.11 Å². The van der Waals surface area contributed by atoms with E-state index in [1.165, 1.54) is 0 Å². The van der Waals surface area contributed by atoms with E-state index >= 15 is 0 Å². The van der Waals surface area contributed by atoms with Gasteiger partial charge < -0.3 is 9.84 Å². The number of aliphatic hydroxyl groups excluding tert-OH is 1. The number of halogens is 1. The van der Waals surface area contributed by atoms with Crippen molar-refractivity contribution >= 4 is 22.6 Å². The summed E-state index contributed by atoms with van der Waals surface area (Å²) in [6.45, 7) is 2.84. The van der Waals surface area contributed by atoms with Crippen molar-refractivity contribution in [1.82, 2.24) is 9.78 Å². The topological polar surface area (TPSA) is 47.3 Å². The van der Waals surface area contributed by atoms with Crippen LogP contribution < -0.4 is 4.74 Å². The van der Waals surface area contributed by atoms with Gasteiger partial charge >= 0.3 is 0 Å². The smallest absolute Gasteiger partial charge is 0.163 e. The molecule has 0 aliphatic carbocycles. The van der Waals surface area contributed by atoms with Gasteiger partial charge in [0.25, 0.3) is 0 Å². The summed E-state index contributed by atoms with van der Waals surface area (Å²) in [4.78, 5) is 0. The Kier molecular flexibility index (Phi) is 4.81. The zero-order chi connectivity index (χ0) is 13.8. The first-order valence-electron chi connectivity index (χ1n) is 6.20. The molecule has 1 aromatic heterocycles. The summed E-state index contributed by atoms with van der Waals surface area (Å²) in [5.41, 5.74) is 1.56. The maximum Gasteiger partial charge on any atom is 0.163 e. The van der Waals surface area contributed by atoms with Crippen molar-refractivity contribution in [3.63, 3.8) is 0 Å². The molecule has 2 rings (SSSR count). The summed E-state index contributed by atoms with van der Waals surface area (Å²) in [5, 5.41) is 14.9. The van der Waals surface area contributed by atoms with E-state index in [-0.39, 0.29) is 0 Å². The van der Waals surface area contributed by atoms with Crippen molar-refractivity contribution in [3.8, 4) is 5.75 Å². The first-order chi connectivity index (χ1) is 9.17. The monoisotopic (exact) mass is 372 g/mol. The van der Waals surface area contributed by atoms with Crippen molar-refractivity contribution in [1.29, 1.82) is 0 Å². The van der Waals surface area contributed by atoms with Gasteiger partial charge in [0.05, 0.1) is 13.3 Å². The summed E-state index contributed by atoms with van der Waals surface area (Å²) in [7, 11) is 1.60. The molecule has 1 N–H and O–H groups in total. The van der Waals surface area contributed by atoms with E-state index < -0.39 is 6.10 Å². The van der Waals surface area contributed by atoms with Gasteiger partial charge in [0, 0.05) is 10.1 Å². The minimum atomic E-state index is -0.723. The molecule has 0 aliphatic rings. The maximum atomic E-state index is 10.6. The Bertz CT molecular complexity index is 554. The molecule has 1 atom stereocenters. The molecule has 1 aromatic carbocycles. The number of rotatable bonds is 5. The largest absolute Gasteiger partial charge is 0.493 e.